The van der Waals surface area contributed by atoms with Gasteiger partial charge in [-0.2, -0.15) is 0 Å². The minimum Gasteiger partial charge on any atom is -0.378 e. The molecule has 1 N–H and O–H groups in total. The van der Waals surface area contributed by atoms with Crippen molar-refractivity contribution in [2.45, 2.75) is 6.54 Å². The van der Waals surface area contributed by atoms with Gasteiger partial charge in [-0.05, 0) is 24.3 Å². The smallest absolute Gasteiger partial charge is 0.126 e. The Morgan fingerprint density at radius 1 is 0.895 bits per heavy atom. The van der Waals surface area contributed by atoms with Crippen LogP contribution in [0.15, 0.2) is 30.3 Å². The van der Waals surface area contributed by atoms with E-state index < -0.39 is 5.82 Å². The van der Waals surface area contributed by atoms with Crippen molar-refractivity contribution in [1.82, 2.24) is 0 Å². The van der Waals surface area contributed by atoms with Crippen molar-refractivity contribution in [2.75, 3.05) is 5.32 Å². The summed E-state index contributed by atoms with van der Waals surface area (Å²) >= 11 is 24.0. The average molecular weight is 339 g/mol. The quantitative estimate of drug-likeness (QED) is 0.718. The van der Waals surface area contributed by atoms with Crippen LogP contribution in [0.3, 0.4) is 0 Å². The summed E-state index contributed by atoms with van der Waals surface area (Å²) in [5, 5.41) is 4.48. The fourth-order valence-corrected chi connectivity index (χ4v) is 2.71. The number of anilines is 1. The summed E-state index contributed by atoms with van der Waals surface area (Å²) in [5.74, 6) is -0.490. The van der Waals surface area contributed by atoms with Gasteiger partial charge in [0.25, 0.3) is 0 Å². The molecule has 0 atom stereocenters. The van der Waals surface area contributed by atoms with E-state index in [9.17, 15) is 4.39 Å². The lowest BCUT2D eigenvalue weighted by molar-refractivity contribution is 0.628. The predicted octanol–water partition coefficient (Wildman–Crippen LogP) is 6.05. The van der Waals surface area contributed by atoms with Gasteiger partial charge in [0.05, 0.1) is 15.7 Å². The molecule has 0 radical (unpaired) electrons. The SMILES string of the molecule is Fc1cc(Cl)c(NCc2c(Cl)cccc2Cl)c(Cl)c1. The van der Waals surface area contributed by atoms with Gasteiger partial charge < -0.3 is 5.32 Å². The van der Waals surface area contributed by atoms with Crippen molar-refractivity contribution in [1.29, 1.82) is 0 Å². The summed E-state index contributed by atoms with van der Waals surface area (Å²) in [7, 11) is 0. The van der Waals surface area contributed by atoms with Crippen LogP contribution in [-0.2, 0) is 6.54 Å². The molecule has 0 heterocycles. The van der Waals surface area contributed by atoms with Gasteiger partial charge in [0.15, 0.2) is 0 Å². The van der Waals surface area contributed by atoms with Gasteiger partial charge in [-0.15, -0.1) is 0 Å². The normalized spacial score (nSPS) is 10.6. The van der Waals surface area contributed by atoms with Gasteiger partial charge in [0.1, 0.15) is 5.82 Å². The maximum atomic E-state index is 13.1. The third-order valence-corrected chi connectivity index (χ3v) is 3.81. The molecule has 1 nitrogen and oxygen atoms in total. The molecule has 2 aromatic carbocycles. The number of nitrogens with one attached hydrogen (secondary N) is 1. The van der Waals surface area contributed by atoms with Crippen molar-refractivity contribution in [2.24, 2.45) is 0 Å². The summed E-state index contributed by atoms with van der Waals surface area (Å²) in [4.78, 5) is 0. The highest BCUT2D eigenvalue weighted by Gasteiger charge is 2.10. The molecule has 0 amide bonds. The molecular formula is C13H8Cl4FN. The van der Waals surface area contributed by atoms with E-state index in [-0.39, 0.29) is 10.0 Å². The highest BCUT2D eigenvalue weighted by molar-refractivity contribution is 6.39. The monoisotopic (exact) mass is 337 g/mol. The molecule has 2 rings (SSSR count). The molecule has 0 unspecified atom stereocenters. The fourth-order valence-electron chi connectivity index (χ4n) is 1.59. The molecule has 6 heteroatoms. The zero-order valence-electron chi connectivity index (χ0n) is 9.48. The summed E-state index contributed by atoms with van der Waals surface area (Å²) in [6, 6.07) is 7.59. The molecule has 0 bridgehead atoms. The van der Waals surface area contributed by atoms with Gasteiger partial charge in [0, 0.05) is 22.2 Å². The van der Waals surface area contributed by atoms with Crippen LogP contribution in [0.4, 0.5) is 10.1 Å². The van der Waals surface area contributed by atoms with Crippen molar-refractivity contribution in [3.05, 3.63) is 61.8 Å². The maximum Gasteiger partial charge on any atom is 0.126 e. The molecule has 0 saturated carbocycles. The van der Waals surface area contributed by atoms with E-state index in [1.165, 1.54) is 12.1 Å². The molecule has 100 valence electrons. The van der Waals surface area contributed by atoms with Gasteiger partial charge >= 0.3 is 0 Å². The fraction of sp³-hybridized carbons (Fsp3) is 0.0769. The van der Waals surface area contributed by atoms with Crippen LogP contribution in [-0.4, -0.2) is 0 Å². The number of hydrogen-bond acceptors (Lipinski definition) is 1. The summed E-state index contributed by atoms with van der Waals surface area (Å²) in [5.41, 5.74) is 1.17. The lowest BCUT2D eigenvalue weighted by Gasteiger charge is -2.12. The Kier molecular flexibility index (Phi) is 4.80. The van der Waals surface area contributed by atoms with Gasteiger partial charge in [-0.1, -0.05) is 52.5 Å². The van der Waals surface area contributed by atoms with E-state index in [0.29, 0.717) is 22.3 Å². The molecule has 0 saturated heterocycles. The lowest BCUT2D eigenvalue weighted by atomic mass is 10.2. The molecule has 0 aliphatic rings. The molecule has 2 aromatic rings. The Hall–Kier alpha value is -0.670. The van der Waals surface area contributed by atoms with Crippen LogP contribution >= 0.6 is 46.4 Å². The predicted molar refractivity (Wildman–Crippen MR) is 80.2 cm³/mol. The molecule has 19 heavy (non-hydrogen) atoms. The Bertz CT molecular complexity index is 572. The second kappa shape index (κ2) is 6.19. The van der Waals surface area contributed by atoms with Crippen molar-refractivity contribution < 1.29 is 4.39 Å². The standard InChI is InChI=1S/C13H8Cl4FN/c14-9-2-1-3-10(15)8(9)6-19-13-11(16)4-7(18)5-12(13)17/h1-5,19H,6H2. The van der Waals surface area contributed by atoms with Crippen LogP contribution in [0.2, 0.25) is 20.1 Å². The Morgan fingerprint density at radius 3 is 1.95 bits per heavy atom. The van der Waals surface area contributed by atoms with E-state index in [1.54, 1.807) is 18.2 Å². The number of benzene rings is 2. The van der Waals surface area contributed by atoms with Crippen LogP contribution in [0.25, 0.3) is 0 Å². The summed E-state index contributed by atoms with van der Waals surface area (Å²) in [6.07, 6.45) is 0. The Labute approximate surface area is 130 Å². The van der Waals surface area contributed by atoms with Crippen molar-refractivity contribution >= 4 is 52.1 Å². The third kappa shape index (κ3) is 3.46. The molecular weight excluding hydrogens is 331 g/mol. The molecule has 0 aromatic heterocycles. The van der Waals surface area contributed by atoms with Crippen molar-refractivity contribution in [3.8, 4) is 0 Å². The first-order chi connectivity index (χ1) is 8.99. The van der Waals surface area contributed by atoms with Crippen LogP contribution in [0.5, 0.6) is 0 Å². The van der Waals surface area contributed by atoms with Crippen LogP contribution < -0.4 is 5.32 Å². The van der Waals surface area contributed by atoms with Crippen molar-refractivity contribution in [3.63, 3.8) is 0 Å². The van der Waals surface area contributed by atoms with Gasteiger partial charge in [-0.3, -0.25) is 0 Å². The van der Waals surface area contributed by atoms with Gasteiger partial charge in [-0.25, -0.2) is 4.39 Å². The minimum atomic E-state index is -0.490. The first kappa shape index (κ1) is 14.7. The highest BCUT2D eigenvalue weighted by atomic mass is 35.5. The second-order valence-electron chi connectivity index (χ2n) is 3.80. The summed E-state index contributed by atoms with van der Waals surface area (Å²) in [6.45, 7) is 0.337. The molecule has 0 aliphatic carbocycles. The van der Waals surface area contributed by atoms with E-state index in [4.69, 9.17) is 46.4 Å². The zero-order valence-corrected chi connectivity index (χ0v) is 12.5. The van der Waals surface area contributed by atoms with E-state index >= 15 is 0 Å². The zero-order chi connectivity index (χ0) is 14.0. The second-order valence-corrected chi connectivity index (χ2v) is 5.43. The topological polar surface area (TPSA) is 12.0 Å². The Balaban J connectivity index is 2.24. The largest absolute Gasteiger partial charge is 0.378 e. The Morgan fingerprint density at radius 2 is 1.42 bits per heavy atom. The third-order valence-electron chi connectivity index (χ3n) is 2.51. The summed E-state index contributed by atoms with van der Waals surface area (Å²) < 4.78 is 13.1. The molecule has 0 spiro atoms. The van der Waals surface area contributed by atoms with E-state index in [2.05, 4.69) is 5.32 Å². The highest BCUT2D eigenvalue weighted by Crippen LogP contribution is 2.33. The first-order valence-electron chi connectivity index (χ1n) is 5.30. The van der Waals surface area contributed by atoms with Crippen LogP contribution in [0, 0.1) is 5.82 Å². The number of hydrogen-bond donors (Lipinski definition) is 1. The number of rotatable bonds is 3. The molecule has 0 aliphatic heterocycles. The average Bonchev–Trinajstić information content (AvgIpc) is 2.31. The van der Waals surface area contributed by atoms with E-state index in [0.717, 1.165) is 5.56 Å². The lowest BCUT2D eigenvalue weighted by Crippen LogP contribution is -2.02. The van der Waals surface area contributed by atoms with Gasteiger partial charge in [0.2, 0.25) is 0 Å². The maximum absolute atomic E-state index is 13.1. The number of halogens is 5. The molecule has 0 fully saturated rings. The first-order valence-corrected chi connectivity index (χ1v) is 6.81. The minimum absolute atomic E-state index is 0.202. The van der Waals surface area contributed by atoms with Crippen LogP contribution in [0.1, 0.15) is 5.56 Å². The van der Waals surface area contributed by atoms with E-state index in [1.807, 2.05) is 0 Å².